The number of hydrogen-bond acceptors (Lipinski definition) is 6. The summed E-state index contributed by atoms with van der Waals surface area (Å²) in [6, 6.07) is 9.17. The predicted octanol–water partition coefficient (Wildman–Crippen LogP) is 4.13. The second-order valence-corrected chi connectivity index (χ2v) is 7.69. The molecule has 8 nitrogen and oxygen atoms in total. The molecule has 4 heterocycles. The summed E-state index contributed by atoms with van der Waals surface area (Å²) in [7, 11) is 0. The summed E-state index contributed by atoms with van der Waals surface area (Å²) < 4.78 is 40.6. The Morgan fingerprint density at radius 2 is 1.74 bits per heavy atom. The number of fused-ring (bicyclic) bond motifs is 1. The number of alkyl halides is 3. The van der Waals surface area contributed by atoms with Crippen molar-refractivity contribution < 1.29 is 13.2 Å². The van der Waals surface area contributed by atoms with Crippen molar-refractivity contribution in [2.75, 3.05) is 0 Å². The fourth-order valence-corrected chi connectivity index (χ4v) is 3.58. The second kappa shape index (κ2) is 8.34. The molecule has 0 bridgehead atoms. The van der Waals surface area contributed by atoms with Gasteiger partial charge in [-0.05, 0) is 29.3 Å². The molecule has 0 N–H and O–H groups in total. The van der Waals surface area contributed by atoms with Crippen LogP contribution in [-0.2, 0) is 12.7 Å². The number of benzene rings is 1. The van der Waals surface area contributed by atoms with Gasteiger partial charge in [0.15, 0.2) is 5.65 Å². The molecule has 0 radical (unpaired) electrons. The molecular weight excluding hydrogens is 471 g/mol. The van der Waals surface area contributed by atoms with Gasteiger partial charge in [0.25, 0.3) is 0 Å². The lowest BCUT2D eigenvalue weighted by Crippen LogP contribution is -2.23. The number of aromatic nitrogens is 7. The van der Waals surface area contributed by atoms with E-state index in [1.54, 1.807) is 24.3 Å². The summed E-state index contributed by atoms with van der Waals surface area (Å²) >= 11 is 6.02. The molecule has 0 aliphatic carbocycles. The highest BCUT2D eigenvalue weighted by Gasteiger charge is 2.32. The first-order valence-corrected chi connectivity index (χ1v) is 10.2. The number of halogens is 4. The maximum Gasteiger partial charge on any atom is 0.433 e. The minimum atomic E-state index is -4.55. The maximum absolute atomic E-state index is 13.0. The predicted molar refractivity (Wildman–Crippen MR) is 117 cm³/mol. The van der Waals surface area contributed by atoms with Gasteiger partial charge in [-0.2, -0.15) is 22.8 Å². The normalized spacial score (nSPS) is 11.8. The van der Waals surface area contributed by atoms with Crippen LogP contribution < -0.4 is 5.69 Å². The lowest BCUT2D eigenvalue weighted by atomic mass is 10.0. The van der Waals surface area contributed by atoms with Crippen molar-refractivity contribution >= 4 is 17.2 Å². The van der Waals surface area contributed by atoms with Gasteiger partial charge >= 0.3 is 11.9 Å². The van der Waals surface area contributed by atoms with Crippen molar-refractivity contribution in [2.45, 2.75) is 12.7 Å². The molecule has 0 saturated carbocycles. The topological polar surface area (TPSA) is 90.9 Å². The molecule has 1 aromatic carbocycles. The van der Waals surface area contributed by atoms with Crippen LogP contribution in [0.2, 0.25) is 5.02 Å². The Kier molecular flexibility index (Phi) is 5.33. The van der Waals surface area contributed by atoms with E-state index in [0.29, 0.717) is 27.4 Å². The van der Waals surface area contributed by atoms with Crippen LogP contribution in [0.4, 0.5) is 13.2 Å². The van der Waals surface area contributed by atoms with E-state index in [1.165, 1.54) is 30.9 Å². The van der Waals surface area contributed by atoms with Gasteiger partial charge in [-0.15, -0.1) is 5.10 Å². The van der Waals surface area contributed by atoms with E-state index in [4.69, 9.17) is 11.6 Å². The van der Waals surface area contributed by atoms with E-state index < -0.39 is 17.6 Å². The molecule has 0 unspecified atom stereocenters. The third-order valence-electron chi connectivity index (χ3n) is 5.04. The molecule has 12 heteroatoms. The van der Waals surface area contributed by atoms with Gasteiger partial charge in [0.2, 0.25) is 0 Å². The van der Waals surface area contributed by atoms with Gasteiger partial charge < -0.3 is 0 Å². The Balaban J connectivity index is 1.65. The van der Waals surface area contributed by atoms with Crippen LogP contribution in [0.5, 0.6) is 0 Å². The zero-order valence-electron chi connectivity index (χ0n) is 17.1. The monoisotopic (exact) mass is 483 g/mol. The molecular formula is C22H13ClF3N7O. The largest absolute Gasteiger partial charge is 0.433 e. The molecule has 0 spiro atoms. The van der Waals surface area contributed by atoms with E-state index in [0.717, 1.165) is 27.0 Å². The average molecular weight is 484 g/mol. The molecule has 0 fully saturated rings. The minimum Gasteiger partial charge on any atom is -0.261 e. The van der Waals surface area contributed by atoms with Crippen molar-refractivity contribution in [1.82, 2.24) is 34.3 Å². The minimum absolute atomic E-state index is 0.0937. The molecule has 34 heavy (non-hydrogen) atoms. The van der Waals surface area contributed by atoms with Crippen LogP contribution in [-0.4, -0.2) is 34.3 Å². The Labute approximate surface area is 194 Å². The molecule has 0 saturated heterocycles. The Bertz CT molecular complexity index is 1530. The van der Waals surface area contributed by atoms with Crippen molar-refractivity contribution in [3.63, 3.8) is 0 Å². The van der Waals surface area contributed by atoms with Crippen molar-refractivity contribution in [3.8, 4) is 22.4 Å². The molecule has 4 aromatic heterocycles. The Morgan fingerprint density at radius 1 is 0.941 bits per heavy atom. The summed E-state index contributed by atoms with van der Waals surface area (Å²) in [6.45, 7) is -0.0937. The van der Waals surface area contributed by atoms with E-state index in [1.807, 2.05) is 0 Å². The fourth-order valence-electron chi connectivity index (χ4n) is 3.45. The number of nitrogens with zero attached hydrogens (tertiary/aromatic N) is 7. The highest BCUT2D eigenvalue weighted by molar-refractivity contribution is 6.30. The van der Waals surface area contributed by atoms with Crippen molar-refractivity contribution in [2.24, 2.45) is 0 Å². The summed E-state index contributed by atoms with van der Waals surface area (Å²) in [4.78, 5) is 24.9. The van der Waals surface area contributed by atoms with Crippen LogP contribution in [0, 0.1) is 0 Å². The van der Waals surface area contributed by atoms with Crippen LogP contribution in [0.25, 0.3) is 28.0 Å². The Hall–Kier alpha value is -4.12. The first-order valence-electron chi connectivity index (χ1n) is 9.84. The van der Waals surface area contributed by atoms with E-state index in [-0.39, 0.29) is 12.2 Å². The van der Waals surface area contributed by atoms with Gasteiger partial charge in [0.05, 0.1) is 30.2 Å². The highest BCUT2D eigenvalue weighted by Crippen LogP contribution is 2.33. The lowest BCUT2D eigenvalue weighted by Gasteiger charge is -2.09. The molecule has 0 amide bonds. The fraction of sp³-hybridized carbons (Fsp3) is 0.0909. The first-order chi connectivity index (χ1) is 16.3. The number of pyridine rings is 1. The van der Waals surface area contributed by atoms with Crippen LogP contribution in [0.3, 0.4) is 0 Å². The zero-order valence-corrected chi connectivity index (χ0v) is 17.9. The van der Waals surface area contributed by atoms with Crippen molar-refractivity contribution in [3.05, 3.63) is 94.1 Å². The third kappa shape index (κ3) is 4.01. The molecule has 0 aliphatic heterocycles. The maximum atomic E-state index is 13.0. The summed E-state index contributed by atoms with van der Waals surface area (Å²) in [5.41, 5.74) is 1.42. The molecule has 0 atom stereocenters. The SMILES string of the molecule is O=c1n(Cc2ccc(C(F)(F)F)nc2)nc2c(-c3cnccn3)c(-c3ccc(Cl)cc3)cnn12. The summed E-state index contributed by atoms with van der Waals surface area (Å²) in [5, 5.41) is 9.23. The second-order valence-electron chi connectivity index (χ2n) is 7.26. The smallest absolute Gasteiger partial charge is 0.261 e. The average Bonchev–Trinajstić information content (AvgIpc) is 3.14. The number of hydrogen-bond donors (Lipinski definition) is 0. The van der Waals surface area contributed by atoms with Gasteiger partial charge in [-0.1, -0.05) is 29.8 Å². The quantitative estimate of drug-likeness (QED) is 0.382. The highest BCUT2D eigenvalue weighted by atomic mass is 35.5. The van der Waals surface area contributed by atoms with E-state index in [9.17, 15) is 18.0 Å². The van der Waals surface area contributed by atoms with E-state index in [2.05, 4.69) is 25.1 Å². The molecule has 5 rings (SSSR count). The molecule has 0 aliphatic rings. The van der Waals surface area contributed by atoms with Gasteiger partial charge in [-0.3, -0.25) is 15.0 Å². The lowest BCUT2D eigenvalue weighted by molar-refractivity contribution is -0.141. The standard InChI is InChI=1S/C22H13ClF3N7O/c23-15-4-2-14(3-5-15)16-10-30-33-20(19(16)17-11-27-7-8-28-17)31-32(21(33)34)12-13-1-6-18(29-9-13)22(24,25)26/h1-11H,12H2. The van der Waals surface area contributed by atoms with Crippen LogP contribution >= 0.6 is 11.6 Å². The summed E-state index contributed by atoms with van der Waals surface area (Å²) in [6.07, 6.45) is 2.61. The van der Waals surface area contributed by atoms with E-state index >= 15 is 0 Å². The van der Waals surface area contributed by atoms with Gasteiger partial charge in [-0.25, -0.2) is 9.48 Å². The Morgan fingerprint density at radius 3 is 2.38 bits per heavy atom. The third-order valence-corrected chi connectivity index (χ3v) is 5.29. The van der Waals surface area contributed by atoms with Crippen LogP contribution in [0.15, 0.2) is 72.2 Å². The zero-order chi connectivity index (χ0) is 23.9. The molecule has 5 aromatic rings. The molecule has 170 valence electrons. The first kappa shape index (κ1) is 21.7. The van der Waals surface area contributed by atoms with Gasteiger partial charge in [0, 0.05) is 29.2 Å². The summed E-state index contributed by atoms with van der Waals surface area (Å²) in [5.74, 6) is 0. The number of rotatable bonds is 4. The van der Waals surface area contributed by atoms with Crippen molar-refractivity contribution in [1.29, 1.82) is 0 Å². The van der Waals surface area contributed by atoms with Gasteiger partial charge in [0.1, 0.15) is 5.69 Å². The van der Waals surface area contributed by atoms with Crippen LogP contribution in [0.1, 0.15) is 11.3 Å².